The average Bonchev–Trinajstić information content (AvgIpc) is 3.60. The first-order valence-corrected chi connectivity index (χ1v) is 12.5. The summed E-state index contributed by atoms with van der Waals surface area (Å²) < 4.78 is 23.8. The fraction of sp³-hybridized carbons (Fsp3) is 0.192. The quantitative estimate of drug-likeness (QED) is 0.233. The minimum absolute atomic E-state index is 0.400. The third-order valence-corrected chi connectivity index (χ3v) is 6.33. The molecule has 3 aromatic heterocycles. The SMILES string of the molecule is CCOc1ccc(-n2c(SCc3nc(-c4ccc(OC)cc4OC)no3)nnc2-c2ccncc2)cc1. The molecule has 0 aliphatic heterocycles. The highest BCUT2D eigenvalue weighted by atomic mass is 32.2. The van der Waals surface area contributed by atoms with Gasteiger partial charge in [0, 0.05) is 29.7 Å². The highest BCUT2D eigenvalue weighted by Gasteiger charge is 2.19. The number of hydrogen-bond acceptors (Lipinski definition) is 10. The van der Waals surface area contributed by atoms with E-state index in [9.17, 15) is 0 Å². The lowest BCUT2D eigenvalue weighted by molar-refractivity contribution is 0.340. The van der Waals surface area contributed by atoms with E-state index in [1.807, 2.05) is 60.0 Å². The first kappa shape index (κ1) is 24.3. The van der Waals surface area contributed by atoms with Crippen molar-refractivity contribution in [3.63, 3.8) is 0 Å². The molecule has 0 N–H and O–H groups in total. The number of nitrogens with zero attached hydrogens (tertiary/aromatic N) is 6. The standard InChI is InChI=1S/C26H24N6O4S/c1-4-35-19-7-5-18(6-8-19)32-25(17-11-13-27-14-12-17)29-30-26(32)37-16-23-28-24(31-36-23)21-10-9-20(33-2)15-22(21)34-3/h5-15H,4,16H2,1-3H3. The van der Waals surface area contributed by atoms with Gasteiger partial charge in [0.15, 0.2) is 11.0 Å². The van der Waals surface area contributed by atoms with E-state index in [-0.39, 0.29) is 0 Å². The Morgan fingerprint density at radius 1 is 0.919 bits per heavy atom. The van der Waals surface area contributed by atoms with Gasteiger partial charge in [-0.1, -0.05) is 16.9 Å². The van der Waals surface area contributed by atoms with Crippen LogP contribution in [0, 0.1) is 0 Å². The molecule has 0 aliphatic carbocycles. The highest BCUT2D eigenvalue weighted by molar-refractivity contribution is 7.98. The second kappa shape index (κ2) is 11.1. The van der Waals surface area contributed by atoms with Crippen molar-refractivity contribution < 1.29 is 18.7 Å². The van der Waals surface area contributed by atoms with Crippen LogP contribution in [0.1, 0.15) is 12.8 Å². The summed E-state index contributed by atoms with van der Waals surface area (Å²) in [5.74, 6) is 4.05. The minimum Gasteiger partial charge on any atom is -0.497 e. The van der Waals surface area contributed by atoms with Crippen LogP contribution >= 0.6 is 11.8 Å². The number of benzene rings is 2. The van der Waals surface area contributed by atoms with Gasteiger partial charge < -0.3 is 18.7 Å². The Morgan fingerprint density at radius 2 is 1.70 bits per heavy atom. The van der Waals surface area contributed by atoms with Gasteiger partial charge >= 0.3 is 0 Å². The number of hydrogen-bond donors (Lipinski definition) is 0. The fourth-order valence-electron chi connectivity index (χ4n) is 3.67. The summed E-state index contributed by atoms with van der Waals surface area (Å²) in [6.07, 6.45) is 3.46. The molecule has 0 saturated heterocycles. The van der Waals surface area contributed by atoms with Crippen molar-refractivity contribution in [3.05, 3.63) is 72.9 Å². The number of methoxy groups -OCH3 is 2. The van der Waals surface area contributed by atoms with E-state index in [2.05, 4.69) is 25.3 Å². The van der Waals surface area contributed by atoms with E-state index in [0.717, 1.165) is 17.0 Å². The zero-order valence-electron chi connectivity index (χ0n) is 20.5. The lowest BCUT2D eigenvalue weighted by atomic mass is 10.2. The van der Waals surface area contributed by atoms with Crippen LogP contribution in [-0.4, -0.2) is 50.7 Å². The van der Waals surface area contributed by atoms with Crippen LogP contribution in [0.3, 0.4) is 0 Å². The zero-order chi connectivity index (χ0) is 25.6. The smallest absolute Gasteiger partial charge is 0.237 e. The van der Waals surface area contributed by atoms with Gasteiger partial charge in [-0.3, -0.25) is 9.55 Å². The maximum atomic E-state index is 5.60. The molecule has 0 atom stereocenters. The second-order valence-electron chi connectivity index (χ2n) is 7.67. The van der Waals surface area contributed by atoms with Crippen molar-refractivity contribution in [1.29, 1.82) is 0 Å². The Hall–Kier alpha value is -4.38. The third-order valence-electron chi connectivity index (χ3n) is 5.42. The molecule has 2 aromatic carbocycles. The van der Waals surface area contributed by atoms with E-state index in [4.69, 9.17) is 18.7 Å². The molecule has 0 radical (unpaired) electrons. The Kier molecular flexibility index (Phi) is 7.31. The van der Waals surface area contributed by atoms with Crippen LogP contribution < -0.4 is 14.2 Å². The summed E-state index contributed by atoms with van der Waals surface area (Å²) in [6.45, 7) is 2.56. The molecule has 0 bridgehead atoms. The van der Waals surface area contributed by atoms with Gasteiger partial charge in [0.1, 0.15) is 17.2 Å². The van der Waals surface area contributed by atoms with Crippen LogP contribution in [0.2, 0.25) is 0 Å². The largest absolute Gasteiger partial charge is 0.497 e. The summed E-state index contributed by atoms with van der Waals surface area (Å²) >= 11 is 1.44. The summed E-state index contributed by atoms with van der Waals surface area (Å²) in [5.41, 5.74) is 2.51. The van der Waals surface area contributed by atoms with Crippen LogP contribution in [0.4, 0.5) is 0 Å². The van der Waals surface area contributed by atoms with E-state index in [1.54, 1.807) is 32.7 Å². The lowest BCUT2D eigenvalue weighted by Gasteiger charge is -2.11. The van der Waals surface area contributed by atoms with Crippen molar-refractivity contribution in [2.24, 2.45) is 0 Å². The van der Waals surface area contributed by atoms with Gasteiger partial charge in [-0.15, -0.1) is 10.2 Å². The Morgan fingerprint density at radius 3 is 2.43 bits per heavy atom. The molecule has 0 spiro atoms. The number of ether oxygens (including phenoxy) is 3. The van der Waals surface area contributed by atoms with E-state index in [0.29, 0.717) is 52.1 Å². The molecule has 0 amide bonds. The molecule has 188 valence electrons. The monoisotopic (exact) mass is 516 g/mol. The molecule has 3 heterocycles. The van der Waals surface area contributed by atoms with E-state index in [1.165, 1.54) is 11.8 Å². The summed E-state index contributed by atoms with van der Waals surface area (Å²) in [4.78, 5) is 8.67. The molecule has 11 heteroatoms. The predicted molar refractivity (Wildman–Crippen MR) is 138 cm³/mol. The number of thioether (sulfide) groups is 1. The van der Waals surface area contributed by atoms with Gasteiger partial charge in [-0.05, 0) is 55.5 Å². The molecule has 10 nitrogen and oxygen atoms in total. The van der Waals surface area contributed by atoms with Gasteiger partial charge in [0.05, 0.1) is 32.1 Å². The molecule has 0 unspecified atom stereocenters. The third kappa shape index (κ3) is 5.26. The average molecular weight is 517 g/mol. The van der Waals surface area contributed by atoms with Crippen molar-refractivity contribution >= 4 is 11.8 Å². The van der Waals surface area contributed by atoms with Crippen molar-refractivity contribution in [2.45, 2.75) is 17.8 Å². The number of aromatic nitrogens is 6. The summed E-state index contributed by atoms with van der Waals surface area (Å²) in [7, 11) is 3.19. The Labute approximate surface area is 217 Å². The zero-order valence-corrected chi connectivity index (χ0v) is 21.3. The summed E-state index contributed by atoms with van der Waals surface area (Å²) in [5, 5.41) is 13.7. The lowest BCUT2D eigenvalue weighted by Crippen LogP contribution is -2.00. The predicted octanol–water partition coefficient (Wildman–Crippen LogP) is 5.09. The molecule has 0 aliphatic rings. The molecule has 0 saturated carbocycles. The van der Waals surface area contributed by atoms with E-state index >= 15 is 0 Å². The van der Waals surface area contributed by atoms with Crippen molar-refractivity contribution in [1.82, 2.24) is 29.9 Å². The van der Waals surface area contributed by atoms with Gasteiger partial charge in [0.25, 0.3) is 0 Å². The molecular weight excluding hydrogens is 492 g/mol. The first-order valence-electron chi connectivity index (χ1n) is 11.5. The first-order chi connectivity index (χ1) is 18.2. The van der Waals surface area contributed by atoms with Gasteiger partial charge in [-0.25, -0.2) is 0 Å². The fourth-order valence-corrected chi connectivity index (χ4v) is 4.46. The maximum absolute atomic E-state index is 5.60. The van der Waals surface area contributed by atoms with E-state index < -0.39 is 0 Å². The van der Waals surface area contributed by atoms with Crippen LogP contribution in [-0.2, 0) is 5.75 Å². The van der Waals surface area contributed by atoms with Crippen LogP contribution in [0.5, 0.6) is 17.2 Å². The molecule has 5 aromatic rings. The maximum Gasteiger partial charge on any atom is 0.237 e. The molecule has 0 fully saturated rings. The molecular formula is C26H24N6O4S. The topological polar surface area (TPSA) is 110 Å². The van der Waals surface area contributed by atoms with Crippen molar-refractivity contribution in [2.75, 3.05) is 20.8 Å². The number of rotatable bonds is 10. The summed E-state index contributed by atoms with van der Waals surface area (Å²) in [6, 6.07) is 17.0. The normalized spacial score (nSPS) is 10.9. The molecule has 5 rings (SSSR count). The van der Waals surface area contributed by atoms with Crippen LogP contribution in [0.15, 0.2) is 76.7 Å². The van der Waals surface area contributed by atoms with Gasteiger partial charge in [-0.2, -0.15) is 4.98 Å². The van der Waals surface area contributed by atoms with Crippen LogP contribution in [0.25, 0.3) is 28.5 Å². The van der Waals surface area contributed by atoms with Crippen molar-refractivity contribution in [3.8, 4) is 45.7 Å². The second-order valence-corrected chi connectivity index (χ2v) is 8.61. The highest BCUT2D eigenvalue weighted by Crippen LogP contribution is 2.33. The van der Waals surface area contributed by atoms with Gasteiger partial charge in [0.2, 0.25) is 11.7 Å². The molecule has 37 heavy (non-hydrogen) atoms. The Bertz CT molecular complexity index is 1470. The minimum atomic E-state index is 0.400. The Balaban J connectivity index is 1.42. The number of pyridine rings is 1.